The number of carbonyl (C=O) groups is 2. The van der Waals surface area contributed by atoms with Crippen LogP contribution < -0.4 is 9.80 Å². The first-order valence-electron chi connectivity index (χ1n) is 9.63. The van der Waals surface area contributed by atoms with Crippen LogP contribution in [0.4, 0.5) is 11.4 Å². The maximum atomic E-state index is 13.1. The van der Waals surface area contributed by atoms with E-state index in [2.05, 4.69) is 16.7 Å². The van der Waals surface area contributed by atoms with Gasteiger partial charge in [0.15, 0.2) is 0 Å². The molecule has 2 aliphatic heterocycles. The number of anilines is 2. The van der Waals surface area contributed by atoms with Crippen molar-refractivity contribution >= 4 is 34.8 Å². The van der Waals surface area contributed by atoms with Gasteiger partial charge in [0.1, 0.15) is 0 Å². The van der Waals surface area contributed by atoms with Gasteiger partial charge in [0.25, 0.3) is 5.91 Å². The van der Waals surface area contributed by atoms with E-state index < -0.39 is 0 Å². The van der Waals surface area contributed by atoms with Crippen LogP contribution in [0, 0.1) is 13.8 Å². The third-order valence-corrected chi connectivity index (χ3v) is 5.98. The molecule has 0 saturated carbocycles. The Morgan fingerprint density at radius 3 is 2.29 bits per heavy atom. The van der Waals surface area contributed by atoms with E-state index in [1.807, 2.05) is 49.4 Å². The Morgan fingerprint density at radius 2 is 1.57 bits per heavy atom. The monoisotopic (exact) mass is 397 g/mol. The highest BCUT2D eigenvalue weighted by molar-refractivity contribution is 6.30. The molecule has 2 amide bonds. The van der Waals surface area contributed by atoms with E-state index in [0.29, 0.717) is 5.69 Å². The largest absolute Gasteiger partial charge is 0.369 e. The maximum Gasteiger partial charge on any atom is 0.251 e. The quantitative estimate of drug-likeness (QED) is 0.744. The van der Waals surface area contributed by atoms with Crippen LogP contribution in [0.15, 0.2) is 42.5 Å². The van der Waals surface area contributed by atoms with Gasteiger partial charge >= 0.3 is 0 Å². The molecule has 0 aromatic heterocycles. The number of para-hydroxylation sites is 1. The average molecular weight is 398 g/mol. The lowest BCUT2D eigenvalue weighted by molar-refractivity contribution is -0.123. The molecular weight excluding hydrogens is 374 g/mol. The van der Waals surface area contributed by atoms with Gasteiger partial charge in [0.2, 0.25) is 5.91 Å². The molecule has 2 saturated heterocycles. The van der Waals surface area contributed by atoms with Gasteiger partial charge in [-0.05, 0) is 43.2 Å². The number of hydrogen-bond acceptors (Lipinski definition) is 4. The van der Waals surface area contributed by atoms with Gasteiger partial charge in [-0.2, -0.15) is 0 Å². The molecule has 0 unspecified atom stereocenters. The highest BCUT2D eigenvalue weighted by Gasteiger charge is 2.43. The Kier molecular flexibility index (Phi) is 5.13. The predicted octanol–water partition coefficient (Wildman–Crippen LogP) is 3.41. The normalized spacial score (nSPS) is 20.9. The zero-order valence-corrected chi connectivity index (χ0v) is 16.9. The van der Waals surface area contributed by atoms with E-state index in [0.717, 1.165) is 42.5 Å². The summed E-state index contributed by atoms with van der Waals surface area (Å²) in [6.07, 6.45) is 0.253. The Hall–Kier alpha value is -2.37. The number of rotatable bonds is 3. The first-order chi connectivity index (χ1) is 13.5. The third kappa shape index (κ3) is 3.40. The van der Waals surface area contributed by atoms with Gasteiger partial charge in [-0.1, -0.05) is 35.9 Å². The molecule has 6 heteroatoms. The standard InChI is InChI=1S/C22H24ClN3O2/c1-15-5-3-4-6-18(15)26-21(27)14-20(22(26)28)25-11-9-24(10-12-25)19-13-17(23)8-7-16(19)2/h3-8,13,20H,9-12,14H2,1-2H3/t20-/m0/s1. The smallest absolute Gasteiger partial charge is 0.251 e. The number of amides is 2. The molecule has 28 heavy (non-hydrogen) atoms. The summed E-state index contributed by atoms with van der Waals surface area (Å²) in [6.45, 7) is 7.12. The van der Waals surface area contributed by atoms with Crippen LogP contribution in [0.25, 0.3) is 0 Å². The molecule has 0 radical (unpaired) electrons. The van der Waals surface area contributed by atoms with E-state index in [9.17, 15) is 9.59 Å². The Balaban J connectivity index is 1.47. The summed E-state index contributed by atoms with van der Waals surface area (Å²) in [5.74, 6) is -0.218. The second-order valence-corrected chi connectivity index (χ2v) is 7.96. The number of hydrogen-bond donors (Lipinski definition) is 0. The van der Waals surface area contributed by atoms with Crippen molar-refractivity contribution in [3.8, 4) is 0 Å². The van der Waals surface area contributed by atoms with Gasteiger partial charge in [-0.25, -0.2) is 4.90 Å². The van der Waals surface area contributed by atoms with Crippen LogP contribution in [0.1, 0.15) is 17.5 Å². The number of imide groups is 1. The molecule has 0 N–H and O–H groups in total. The van der Waals surface area contributed by atoms with Crippen LogP contribution in [-0.2, 0) is 9.59 Å². The van der Waals surface area contributed by atoms with Crippen molar-refractivity contribution in [1.82, 2.24) is 4.90 Å². The van der Waals surface area contributed by atoms with Crippen molar-refractivity contribution in [3.63, 3.8) is 0 Å². The number of halogens is 1. The second kappa shape index (κ2) is 7.57. The molecular formula is C22H24ClN3O2. The van der Waals surface area contributed by atoms with Crippen molar-refractivity contribution in [2.24, 2.45) is 0 Å². The molecule has 2 heterocycles. The summed E-state index contributed by atoms with van der Waals surface area (Å²) >= 11 is 6.17. The van der Waals surface area contributed by atoms with Crippen LogP contribution in [-0.4, -0.2) is 48.9 Å². The Morgan fingerprint density at radius 1 is 0.893 bits per heavy atom. The number of piperazine rings is 1. The van der Waals surface area contributed by atoms with E-state index in [4.69, 9.17) is 11.6 Å². The SMILES string of the molecule is Cc1ccc(Cl)cc1N1CCN([C@H]2CC(=O)N(c3ccccc3C)C2=O)CC1. The molecule has 5 nitrogen and oxygen atoms in total. The van der Waals surface area contributed by atoms with Gasteiger partial charge < -0.3 is 4.90 Å². The van der Waals surface area contributed by atoms with Crippen LogP contribution in [0.3, 0.4) is 0 Å². The minimum absolute atomic E-state index is 0.105. The topological polar surface area (TPSA) is 43.9 Å². The van der Waals surface area contributed by atoms with Crippen LogP contribution in [0.5, 0.6) is 0 Å². The molecule has 0 bridgehead atoms. The van der Waals surface area contributed by atoms with Crippen molar-refractivity contribution in [2.75, 3.05) is 36.0 Å². The van der Waals surface area contributed by atoms with Gasteiger partial charge in [-0.3, -0.25) is 14.5 Å². The summed E-state index contributed by atoms with van der Waals surface area (Å²) in [7, 11) is 0. The highest BCUT2D eigenvalue weighted by atomic mass is 35.5. The molecule has 2 aromatic rings. The fourth-order valence-electron chi connectivity index (χ4n) is 4.17. The molecule has 0 spiro atoms. The van der Waals surface area contributed by atoms with Crippen molar-refractivity contribution < 1.29 is 9.59 Å². The lowest BCUT2D eigenvalue weighted by Crippen LogP contribution is -2.52. The first kappa shape index (κ1) is 19.0. The molecule has 2 aromatic carbocycles. The van der Waals surface area contributed by atoms with Gasteiger partial charge in [0, 0.05) is 36.9 Å². The minimum Gasteiger partial charge on any atom is -0.369 e. The molecule has 2 fully saturated rings. The molecule has 2 aliphatic rings. The molecule has 146 valence electrons. The lowest BCUT2D eigenvalue weighted by Gasteiger charge is -2.38. The zero-order valence-electron chi connectivity index (χ0n) is 16.2. The molecule has 1 atom stereocenters. The summed E-state index contributed by atoms with van der Waals surface area (Å²) < 4.78 is 0. The maximum absolute atomic E-state index is 13.1. The van der Waals surface area contributed by atoms with E-state index in [1.54, 1.807) is 0 Å². The second-order valence-electron chi connectivity index (χ2n) is 7.53. The highest BCUT2D eigenvalue weighted by Crippen LogP contribution is 2.30. The fourth-order valence-corrected chi connectivity index (χ4v) is 4.33. The summed E-state index contributed by atoms with van der Waals surface area (Å²) in [5.41, 5.74) is 3.97. The van der Waals surface area contributed by atoms with E-state index in [-0.39, 0.29) is 24.3 Å². The predicted molar refractivity (Wildman–Crippen MR) is 112 cm³/mol. The third-order valence-electron chi connectivity index (χ3n) is 5.75. The van der Waals surface area contributed by atoms with E-state index in [1.165, 1.54) is 10.5 Å². The Labute approximate surface area is 170 Å². The summed E-state index contributed by atoms with van der Waals surface area (Å²) in [4.78, 5) is 31.5. The number of carbonyl (C=O) groups excluding carboxylic acids is 2. The number of nitrogens with zero attached hydrogens (tertiary/aromatic N) is 3. The van der Waals surface area contributed by atoms with E-state index >= 15 is 0 Å². The number of benzene rings is 2. The summed E-state index contributed by atoms with van der Waals surface area (Å²) in [6, 6.07) is 13.1. The minimum atomic E-state index is -0.366. The molecule has 4 rings (SSSR count). The lowest BCUT2D eigenvalue weighted by atomic mass is 10.1. The fraction of sp³-hybridized carbons (Fsp3) is 0.364. The van der Waals surface area contributed by atoms with Crippen molar-refractivity contribution in [3.05, 3.63) is 58.6 Å². The summed E-state index contributed by atoms with van der Waals surface area (Å²) in [5, 5.41) is 0.730. The van der Waals surface area contributed by atoms with Crippen LogP contribution in [0.2, 0.25) is 5.02 Å². The van der Waals surface area contributed by atoms with Crippen molar-refractivity contribution in [2.45, 2.75) is 26.3 Å². The molecule has 0 aliphatic carbocycles. The van der Waals surface area contributed by atoms with Crippen molar-refractivity contribution in [1.29, 1.82) is 0 Å². The van der Waals surface area contributed by atoms with Gasteiger partial charge in [-0.15, -0.1) is 0 Å². The Bertz CT molecular complexity index is 922. The van der Waals surface area contributed by atoms with Crippen LogP contribution >= 0.6 is 11.6 Å². The number of aryl methyl sites for hydroxylation is 2. The average Bonchev–Trinajstić information content (AvgIpc) is 2.99. The van der Waals surface area contributed by atoms with Gasteiger partial charge in [0.05, 0.1) is 18.2 Å². The first-order valence-corrected chi connectivity index (χ1v) is 10.0. The zero-order chi connectivity index (χ0) is 19.8.